The zero-order valence-electron chi connectivity index (χ0n) is 14.3. The van der Waals surface area contributed by atoms with E-state index in [1.807, 2.05) is 61.2 Å². The van der Waals surface area contributed by atoms with Crippen molar-refractivity contribution in [2.45, 2.75) is 45.3 Å². The molecule has 3 rings (SSSR count). The van der Waals surface area contributed by atoms with Crippen molar-refractivity contribution in [1.82, 2.24) is 9.88 Å². The van der Waals surface area contributed by atoms with Gasteiger partial charge in [0, 0.05) is 23.9 Å². The lowest BCUT2D eigenvalue weighted by Crippen LogP contribution is -2.38. The highest BCUT2D eigenvalue weighted by atomic mass is 16.5. The predicted octanol–water partition coefficient (Wildman–Crippen LogP) is 4.24. The summed E-state index contributed by atoms with van der Waals surface area (Å²) in [5, 5.41) is 0. The molecule has 2 heterocycles. The molecule has 1 aromatic carbocycles. The third kappa shape index (κ3) is 3.58. The van der Waals surface area contributed by atoms with Gasteiger partial charge in [-0.1, -0.05) is 24.3 Å². The molecule has 4 heteroatoms. The maximum atomic E-state index is 13.0. The van der Waals surface area contributed by atoms with Gasteiger partial charge in [-0.25, -0.2) is 4.98 Å². The van der Waals surface area contributed by atoms with Gasteiger partial charge in [0.1, 0.15) is 0 Å². The summed E-state index contributed by atoms with van der Waals surface area (Å²) in [6, 6.07) is 13.5. The first-order chi connectivity index (χ1) is 11.7. The summed E-state index contributed by atoms with van der Waals surface area (Å²) in [5.41, 5.74) is 1.75. The molecule has 1 saturated heterocycles. The smallest absolute Gasteiger partial charge is 0.254 e. The number of likely N-dealkylation sites (tertiary alicyclic amines) is 1. The van der Waals surface area contributed by atoms with Crippen LogP contribution < -0.4 is 4.74 Å². The number of benzene rings is 1. The molecule has 0 aliphatic carbocycles. The topological polar surface area (TPSA) is 42.4 Å². The molecule has 126 valence electrons. The lowest BCUT2D eigenvalue weighted by Gasteiger charge is -2.36. The van der Waals surface area contributed by atoms with Gasteiger partial charge in [0.25, 0.3) is 5.91 Å². The van der Waals surface area contributed by atoms with Crippen LogP contribution in [0.2, 0.25) is 0 Å². The maximum Gasteiger partial charge on any atom is 0.254 e. The van der Waals surface area contributed by atoms with Crippen molar-refractivity contribution in [3.63, 3.8) is 0 Å². The summed E-state index contributed by atoms with van der Waals surface area (Å²) in [5.74, 6) is 0.727. The van der Waals surface area contributed by atoms with E-state index < -0.39 is 0 Å². The highest BCUT2D eigenvalue weighted by Gasteiger charge is 2.31. The Kier molecular flexibility index (Phi) is 5.14. The monoisotopic (exact) mass is 324 g/mol. The fourth-order valence-electron chi connectivity index (χ4n) is 3.22. The number of carbonyl (C=O) groups excluding carboxylic acids is 1. The second-order valence-electron chi connectivity index (χ2n) is 6.44. The minimum absolute atomic E-state index is 0.0221. The lowest BCUT2D eigenvalue weighted by molar-refractivity contribution is 0.0605. The maximum absolute atomic E-state index is 13.0. The largest absolute Gasteiger partial charge is 0.475 e. The molecule has 0 saturated carbocycles. The van der Waals surface area contributed by atoms with Crippen LogP contribution in [0.5, 0.6) is 5.88 Å². The van der Waals surface area contributed by atoms with Crippen LogP contribution in [0, 0.1) is 0 Å². The van der Waals surface area contributed by atoms with E-state index in [1.54, 1.807) is 6.20 Å². The normalized spacial score (nSPS) is 17.8. The Balaban J connectivity index is 1.92. The molecule has 1 atom stereocenters. The summed E-state index contributed by atoms with van der Waals surface area (Å²) in [7, 11) is 0. The molecule has 1 amide bonds. The van der Waals surface area contributed by atoms with Gasteiger partial charge < -0.3 is 9.64 Å². The Labute approximate surface area is 143 Å². The number of pyridine rings is 1. The van der Waals surface area contributed by atoms with Gasteiger partial charge in [0.2, 0.25) is 5.88 Å². The zero-order valence-corrected chi connectivity index (χ0v) is 14.3. The minimum Gasteiger partial charge on any atom is -0.475 e. The molecule has 2 aromatic rings. The molecule has 0 bridgehead atoms. The van der Waals surface area contributed by atoms with Crippen LogP contribution in [0.1, 0.15) is 55.1 Å². The van der Waals surface area contributed by atoms with Crippen molar-refractivity contribution < 1.29 is 9.53 Å². The minimum atomic E-state index is 0.0221. The Bertz CT molecular complexity index is 685. The molecule has 0 radical (unpaired) electrons. The van der Waals surface area contributed by atoms with Gasteiger partial charge in [-0.3, -0.25) is 4.79 Å². The van der Waals surface area contributed by atoms with Crippen LogP contribution in [0.3, 0.4) is 0 Å². The highest BCUT2D eigenvalue weighted by Crippen LogP contribution is 2.36. The van der Waals surface area contributed by atoms with E-state index in [0.29, 0.717) is 5.88 Å². The molecule has 1 aromatic heterocycles. The molecule has 1 fully saturated rings. The summed E-state index contributed by atoms with van der Waals surface area (Å²) in [6.07, 6.45) is 4.89. The Morgan fingerprint density at radius 1 is 1.17 bits per heavy atom. The van der Waals surface area contributed by atoms with Gasteiger partial charge in [-0.2, -0.15) is 0 Å². The van der Waals surface area contributed by atoms with Gasteiger partial charge in [-0.15, -0.1) is 0 Å². The Hall–Kier alpha value is -2.36. The first kappa shape index (κ1) is 16.5. The van der Waals surface area contributed by atoms with Crippen molar-refractivity contribution >= 4 is 5.91 Å². The molecule has 24 heavy (non-hydrogen) atoms. The number of piperidine rings is 1. The molecule has 1 aliphatic rings. The van der Waals surface area contributed by atoms with Crippen molar-refractivity contribution in [3.8, 4) is 5.88 Å². The number of hydrogen-bond donors (Lipinski definition) is 0. The lowest BCUT2D eigenvalue weighted by atomic mass is 9.95. The number of ether oxygens (including phenoxy) is 1. The summed E-state index contributed by atoms with van der Waals surface area (Å²) in [4.78, 5) is 19.4. The second-order valence-corrected chi connectivity index (χ2v) is 6.44. The van der Waals surface area contributed by atoms with E-state index >= 15 is 0 Å². The van der Waals surface area contributed by atoms with Crippen molar-refractivity contribution in [2.24, 2.45) is 0 Å². The SMILES string of the molecule is CC(C)Oc1ncccc1[C@H]1CCCCN1C(=O)c1ccccc1. The fourth-order valence-corrected chi connectivity index (χ4v) is 3.22. The van der Waals surface area contributed by atoms with E-state index in [9.17, 15) is 4.79 Å². The number of hydrogen-bond acceptors (Lipinski definition) is 3. The first-order valence-electron chi connectivity index (χ1n) is 8.64. The third-order valence-corrected chi connectivity index (χ3v) is 4.29. The summed E-state index contributed by atoms with van der Waals surface area (Å²) >= 11 is 0. The number of amides is 1. The quantitative estimate of drug-likeness (QED) is 0.845. The van der Waals surface area contributed by atoms with Gasteiger partial charge >= 0.3 is 0 Å². The number of carbonyl (C=O) groups is 1. The molecule has 0 unspecified atom stereocenters. The average molecular weight is 324 g/mol. The third-order valence-electron chi connectivity index (χ3n) is 4.29. The average Bonchev–Trinajstić information content (AvgIpc) is 2.62. The van der Waals surface area contributed by atoms with Crippen molar-refractivity contribution in [1.29, 1.82) is 0 Å². The van der Waals surface area contributed by atoms with Crippen LogP contribution in [0.4, 0.5) is 0 Å². The second kappa shape index (κ2) is 7.47. The zero-order chi connectivity index (χ0) is 16.9. The first-order valence-corrected chi connectivity index (χ1v) is 8.64. The van der Waals surface area contributed by atoms with Crippen LogP contribution in [-0.4, -0.2) is 28.4 Å². The van der Waals surface area contributed by atoms with Crippen LogP contribution in [0.15, 0.2) is 48.7 Å². The number of nitrogens with zero attached hydrogens (tertiary/aromatic N) is 2. The van der Waals surface area contributed by atoms with Gasteiger partial charge in [0.15, 0.2) is 0 Å². The van der Waals surface area contributed by atoms with E-state index in [1.165, 1.54) is 0 Å². The van der Waals surface area contributed by atoms with E-state index in [2.05, 4.69) is 4.98 Å². The number of rotatable bonds is 4. The van der Waals surface area contributed by atoms with Crippen molar-refractivity contribution in [2.75, 3.05) is 6.54 Å². The summed E-state index contributed by atoms with van der Waals surface area (Å²) < 4.78 is 5.88. The molecule has 1 aliphatic heterocycles. The van der Waals surface area contributed by atoms with Gasteiger partial charge in [0.05, 0.1) is 12.1 Å². The Morgan fingerprint density at radius 2 is 1.96 bits per heavy atom. The van der Waals surface area contributed by atoms with Crippen molar-refractivity contribution in [3.05, 3.63) is 59.8 Å². The Morgan fingerprint density at radius 3 is 2.71 bits per heavy atom. The van der Waals surface area contributed by atoms with E-state index in [-0.39, 0.29) is 18.1 Å². The molecule has 0 N–H and O–H groups in total. The van der Waals surface area contributed by atoms with Crippen LogP contribution in [0.25, 0.3) is 0 Å². The molecular formula is C20H24N2O2. The fraction of sp³-hybridized carbons (Fsp3) is 0.400. The van der Waals surface area contributed by atoms with E-state index in [0.717, 1.165) is 36.9 Å². The standard InChI is InChI=1S/C20H24N2O2/c1-15(2)24-19-17(11-8-13-21-19)18-12-6-7-14-22(18)20(23)16-9-4-3-5-10-16/h3-5,8-11,13,15,18H,6-7,12,14H2,1-2H3/t18-/m1/s1. The van der Waals surface area contributed by atoms with Gasteiger partial charge in [-0.05, 0) is 51.3 Å². The molecule has 0 spiro atoms. The predicted molar refractivity (Wildman–Crippen MR) is 94.1 cm³/mol. The number of aromatic nitrogens is 1. The molecular weight excluding hydrogens is 300 g/mol. The van der Waals surface area contributed by atoms with Crippen LogP contribution >= 0.6 is 0 Å². The summed E-state index contributed by atoms with van der Waals surface area (Å²) in [6.45, 7) is 4.76. The molecule has 4 nitrogen and oxygen atoms in total. The van der Waals surface area contributed by atoms with E-state index in [4.69, 9.17) is 4.74 Å². The van der Waals surface area contributed by atoms with Crippen LogP contribution in [-0.2, 0) is 0 Å². The highest BCUT2D eigenvalue weighted by molar-refractivity contribution is 5.94.